The SMILES string of the molecule is CCCc1cc(Cl)ccc1C1COc2ccc3cc2N(C1)CC1CCC1C/C=C/CC(C)C(C1CC1)S(=O)NC3=O. The third-order valence-electron chi connectivity index (χ3n) is 9.74. The summed E-state index contributed by atoms with van der Waals surface area (Å²) in [5.74, 6) is 2.73. The minimum atomic E-state index is -1.42. The van der Waals surface area contributed by atoms with Gasteiger partial charge in [0.2, 0.25) is 0 Å². The van der Waals surface area contributed by atoms with Crippen molar-refractivity contribution in [1.29, 1.82) is 0 Å². The van der Waals surface area contributed by atoms with Crippen molar-refractivity contribution in [3.8, 4) is 5.75 Å². The number of fused-ring (bicyclic) bond motifs is 2. The average molecular weight is 595 g/mol. The monoisotopic (exact) mass is 594 g/mol. The molecule has 5 nitrogen and oxygen atoms in total. The number of anilines is 1. The molecule has 41 heavy (non-hydrogen) atoms. The van der Waals surface area contributed by atoms with E-state index in [4.69, 9.17) is 16.3 Å². The topological polar surface area (TPSA) is 58.6 Å². The van der Waals surface area contributed by atoms with Gasteiger partial charge in [0.1, 0.15) is 16.7 Å². The summed E-state index contributed by atoms with van der Waals surface area (Å²) in [7, 11) is -1.42. The first-order valence-electron chi connectivity index (χ1n) is 15.6. The van der Waals surface area contributed by atoms with E-state index in [-0.39, 0.29) is 23.0 Å². The van der Waals surface area contributed by atoms with Crippen LogP contribution in [0.5, 0.6) is 5.75 Å². The molecule has 2 heterocycles. The van der Waals surface area contributed by atoms with Crippen molar-refractivity contribution in [2.75, 3.05) is 24.6 Å². The van der Waals surface area contributed by atoms with Gasteiger partial charge in [-0.3, -0.25) is 9.52 Å². The zero-order chi connectivity index (χ0) is 28.5. The number of ether oxygens (including phenoxy) is 1. The van der Waals surface area contributed by atoms with Gasteiger partial charge in [-0.1, -0.05) is 50.1 Å². The van der Waals surface area contributed by atoms with Gasteiger partial charge in [-0.2, -0.15) is 0 Å². The Labute approximate surface area is 252 Å². The lowest BCUT2D eigenvalue weighted by Gasteiger charge is -2.41. The number of allylic oxidation sites excluding steroid dienone is 2. The maximum atomic E-state index is 13.5. The number of benzene rings is 2. The Kier molecular flexibility index (Phi) is 8.78. The Balaban J connectivity index is 1.34. The standard InChI is InChI=1S/C34H43ClN2O3S/c1-3-6-25-17-29(35)14-15-30(25)28-20-37-19-27-12-9-23(27)8-5-4-7-22(2)33(24-10-11-24)41(39)36-34(38)26-13-16-32(40-21-28)31(37)18-26/h4-5,13-18,22-24,27-28,33H,3,6-12,19-21H2,1-2H3,(H,36,38)/b5-4+. The lowest BCUT2D eigenvalue weighted by Crippen LogP contribution is -2.40. The number of amides is 1. The second kappa shape index (κ2) is 12.5. The number of rotatable bonds is 4. The third-order valence-corrected chi connectivity index (χ3v) is 11.7. The maximum absolute atomic E-state index is 13.5. The molecule has 6 rings (SSSR count). The van der Waals surface area contributed by atoms with E-state index in [0.717, 1.165) is 68.1 Å². The van der Waals surface area contributed by atoms with Gasteiger partial charge in [-0.15, -0.1) is 0 Å². The van der Waals surface area contributed by atoms with Crippen LogP contribution in [0.15, 0.2) is 48.6 Å². The van der Waals surface area contributed by atoms with E-state index in [2.05, 4.69) is 47.8 Å². The molecule has 2 fully saturated rings. The first-order valence-corrected chi connectivity index (χ1v) is 17.2. The average Bonchev–Trinajstić information content (AvgIpc) is 3.78. The van der Waals surface area contributed by atoms with Crippen molar-refractivity contribution < 1.29 is 13.7 Å². The molecule has 0 aromatic heterocycles. The number of halogens is 1. The number of aryl methyl sites for hydroxylation is 1. The zero-order valence-electron chi connectivity index (χ0n) is 24.3. The van der Waals surface area contributed by atoms with Crippen LogP contribution in [-0.4, -0.2) is 35.1 Å². The van der Waals surface area contributed by atoms with Crippen molar-refractivity contribution in [2.24, 2.45) is 23.7 Å². The van der Waals surface area contributed by atoms with Crippen LogP contribution in [-0.2, 0) is 17.4 Å². The molecule has 1 N–H and O–H groups in total. The van der Waals surface area contributed by atoms with E-state index < -0.39 is 11.0 Å². The van der Waals surface area contributed by atoms with Gasteiger partial charge in [-0.25, -0.2) is 4.21 Å². The highest BCUT2D eigenvalue weighted by molar-refractivity contribution is 7.84. The zero-order valence-corrected chi connectivity index (χ0v) is 25.9. The molecular weight excluding hydrogens is 552 g/mol. The van der Waals surface area contributed by atoms with Crippen LogP contribution in [0.4, 0.5) is 5.69 Å². The Morgan fingerprint density at radius 3 is 2.54 bits per heavy atom. The van der Waals surface area contributed by atoms with Crippen LogP contribution < -0.4 is 14.4 Å². The summed E-state index contributed by atoms with van der Waals surface area (Å²) in [6.45, 7) is 6.73. The van der Waals surface area contributed by atoms with E-state index >= 15 is 0 Å². The van der Waals surface area contributed by atoms with Crippen molar-refractivity contribution in [2.45, 2.75) is 76.4 Å². The largest absolute Gasteiger partial charge is 0.491 e. The smallest absolute Gasteiger partial charge is 0.263 e. The Morgan fingerprint density at radius 1 is 1.00 bits per heavy atom. The first-order chi connectivity index (χ1) is 19.9. The second-order valence-electron chi connectivity index (χ2n) is 12.7. The number of carbonyl (C=O) groups excluding carboxylic acids is 1. The molecule has 220 valence electrons. The molecule has 4 aliphatic rings. The molecule has 7 heteroatoms. The molecule has 6 unspecified atom stereocenters. The predicted octanol–water partition coefficient (Wildman–Crippen LogP) is 7.46. The molecule has 2 aliphatic carbocycles. The van der Waals surface area contributed by atoms with Crippen LogP contribution in [0.3, 0.4) is 0 Å². The molecule has 0 spiro atoms. The maximum Gasteiger partial charge on any atom is 0.263 e. The number of hydrogen-bond donors (Lipinski definition) is 1. The molecule has 2 saturated carbocycles. The van der Waals surface area contributed by atoms with E-state index in [0.29, 0.717) is 29.9 Å². The van der Waals surface area contributed by atoms with E-state index in [1.807, 2.05) is 24.3 Å². The fourth-order valence-electron chi connectivity index (χ4n) is 7.14. The molecule has 0 saturated heterocycles. The van der Waals surface area contributed by atoms with Crippen LogP contribution in [0, 0.1) is 23.7 Å². The van der Waals surface area contributed by atoms with Crippen LogP contribution >= 0.6 is 11.6 Å². The van der Waals surface area contributed by atoms with E-state index in [1.165, 1.54) is 24.0 Å². The number of nitrogens with one attached hydrogen (secondary N) is 1. The molecule has 1 amide bonds. The van der Waals surface area contributed by atoms with Crippen molar-refractivity contribution >= 4 is 34.2 Å². The van der Waals surface area contributed by atoms with E-state index in [9.17, 15) is 9.00 Å². The van der Waals surface area contributed by atoms with Crippen LogP contribution in [0.1, 0.15) is 86.2 Å². The number of carbonyl (C=O) groups is 1. The van der Waals surface area contributed by atoms with Gasteiger partial charge < -0.3 is 9.64 Å². The van der Waals surface area contributed by atoms with Crippen LogP contribution in [0.25, 0.3) is 0 Å². The number of hydrogen-bond acceptors (Lipinski definition) is 4. The van der Waals surface area contributed by atoms with Gasteiger partial charge in [0.15, 0.2) is 0 Å². The van der Waals surface area contributed by atoms with Crippen molar-refractivity contribution in [1.82, 2.24) is 4.72 Å². The third kappa shape index (κ3) is 6.39. The minimum absolute atomic E-state index is 0.00827. The molecule has 2 aromatic rings. The summed E-state index contributed by atoms with van der Waals surface area (Å²) in [4.78, 5) is 15.9. The molecule has 6 atom stereocenters. The van der Waals surface area contributed by atoms with Crippen LogP contribution in [0.2, 0.25) is 5.02 Å². The molecular formula is C34H43ClN2O3S. The summed E-state index contributed by atoms with van der Waals surface area (Å²) in [6, 6.07) is 12.0. The van der Waals surface area contributed by atoms with Gasteiger partial charge in [0, 0.05) is 29.6 Å². The Morgan fingerprint density at radius 2 is 1.78 bits per heavy atom. The van der Waals surface area contributed by atoms with Gasteiger partial charge in [0.05, 0.1) is 17.5 Å². The summed E-state index contributed by atoms with van der Waals surface area (Å²) >= 11 is 6.41. The quantitative estimate of drug-likeness (QED) is 0.373. The Bertz CT molecular complexity index is 1330. The summed E-state index contributed by atoms with van der Waals surface area (Å²) in [5.41, 5.74) is 4.11. The summed E-state index contributed by atoms with van der Waals surface area (Å²) in [5, 5.41) is 0.767. The normalized spacial score (nSPS) is 31.2. The minimum Gasteiger partial charge on any atom is -0.491 e. The van der Waals surface area contributed by atoms with Gasteiger partial charge in [0.25, 0.3) is 5.91 Å². The van der Waals surface area contributed by atoms with Crippen molar-refractivity contribution in [3.05, 3.63) is 70.3 Å². The fraction of sp³-hybridized carbons (Fsp3) is 0.559. The highest BCUT2D eigenvalue weighted by Crippen LogP contribution is 2.43. The molecule has 0 radical (unpaired) electrons. The van der Waals surface area contributed by atoms with Crippen molar-refractivity contribution in [3.63, 3.8) is 0 Å². The summed E-state index contributed by atoms with van der Waals surface area (Å²) in [6.07, 6.45) is 13.4. The van der Waals surface area contributed by atoms with Gasteiger partial charge in [-0.05, 0) is 110 Å². The molecule has 2 aliphatic heterocycles. The molecule has 2 bridgehead atoms. The summed E-state index contributed by atoms with van der Waals surface area (Å²) < 4.78 is 22.8. The van der Waals surface area contributed by atoms with Gasteiger partial charge >= 0.3 is 0 Å². The Hall–Kier alpha value is -2.31. The lowest BCUT2D eigenvalue weighted by molar-refractivity contribution is 0.0982. The fourth-order valence-corrected chi connectivity index (χ4v) is 8.92. The predicted molar refractivity (Wildman–Crippen MR) is 168 cm³/mol. The molecule has 2 aromatic carbocycles. The number of nitrogens with zero attached hydrogens (tertiary/aromatic N) is 1. The lowest BCUT2D eigenvalue weighted by atomic mass is 9.71. The second-order valence-corrected chi connectivity index (χ2v) is 14.5. The highest BCUT2D eigenvalue weighted by Gasteiger charge is 2.40. The highest BCUT2D eigenvalue weighted by atomic mass is 35.5. The first kappa shape index (κ1) is 28.8. The van der Waals surface area contributed by atoms with E-state index in [1.54, 1.807) is 0 Å².